The number of amides is 1. The Bertz CT molecular complexity index is 864. The number of rotatable bonds is 8. The Morgan fingerprint density at radius 2 is 1.69 bits per heavy atom. The minimum absolute atomic E-state index is 0.0708. The molecular weight excluding hydrogens is 425 g/mol. The largest absolute Gasteiger partial charge is 0.491 e. The summed E-state index contributed by atoms with van der Waals surface area (Å²) < 4.78 is 49.4. The number of carbonyl (C=O) groups is 1. The zero-order valence-electron chi connectivity index (χ0n) is 17.8. The van der Waals surface area contributed by atoms with E-state index in [4.69, 9.17) is 9.47 Å². The second-order valence-corrected chi connectivity index (χ2v) is 7.81. The first-order valence-corrected chi connectivity index (χ1v) is 10.4. The van der Waals surface area contributed by atoms with E-state index in [2.05, 4.69) is 10.2 Å². The van der Waals surface area contributed by atoms with Gasteiger partial charge in [0.25, 0.3) is 0 Å². The van der Waals surface area contributed by atoms with Crippen molar-refractivity contribution in [3.05, 3.63) is 54.1 Å². The van der Waals surface area contributed by atoms with E-state index < -0.39 is 17.8 Å². The van der Waals surface area contributed by atoms with Gasteiger partial charge in [0.05, 0.1) is 5.56 Å². The lowest BCUT2D eigenvalue weighted by atomic mass is 10.1. The summed E-state index contributed by atoms with van der Waals surface area (Å²) in [4.78, 5) is 13.1. The van der Waals surface area contributed by atoms with Crippen LogP contribution in [0, 0.1) is 0 Å². The Hall–Kier alpha value is -2.78. The summed E-state index contributed by atoms with van der Waals surface area (Å²) in [5.41, 5.74) is -0.0219. The number of benzene rings is 2. The zero-order valence-corrected chi connectivity index (χ0v) is 17.8. The van der Waals surface area contributed by atoms with E-state index in [9.17, 15) is 23.1 Å². The third-order valence-electron chi connectivity index (χ3n) is 5.11. The van der Waals surface area contributed by atoms with Crippen molar-refractivity contribution in [3.63, 3.8) is 0 Å². The van der Waals surface area contributed by atoms with Crippen molar-refractivity contribution in [1.29, 1.82) is 0 Å². The average Bonchev–Trinajstić information content (AvgIpc) is 2.74. The van der Waals surface area contributed by atoms with Crippen LogP contribution in [0.5, 0.6) is 11.5 Å². The second-order valence-electron chi connectivity index (χ2n) is 7.81. The molecule has 6 nitrogen and oxygen atoms in total. The summed E-state index contributed by atoms with van der Waals surface area (Å²) in [5, 5.41) is 13.0. The number of aliphatic hydroxyl groups is 1. The zero-order chi connectivity index (χ0) is 23.1. The molecule has 9 heteroatoms. The molecule has 1 heterocycles. The number of carbonyl (C=O) groups excluding carboxylic acids is 1. The number of alkyl halides is 3. The van der Waals surface area contributed by atoms with Crippen molar-refractivity contribution in [2.45, 2.75) is 38.1 Å². The molecule has 1 aliphatic rings. The number of β-amino-alcohol motifs (C(OH)–C–C–N with tert-alkyl or cyclic N) is 1. The van der Waals surface area contributed by atoms with Crippen LogP contribution in [0.4, 0.5) is 18.9 Å². The minimum atomic E-state index is -4.36. The molecule has 1 amide bonds. The monoisotopic (exact) mass is 452 g/mol. The lowest BCUT2D eigenvalue weighted by Crippen LogP contribution is -2.43. The van der Waals surface area contributed by atoms with Gasteiger partial charge in [0.1, 0.15) is 30.3 Å². The molecule has 0 spiro atoms. The molecule has 2 aromatic carbocycles. The first kappa shape index (κ1) is 23.9. The predicted octanol–water partition coefficient (Wildman–Crippen LogP) is 3.95. The van der Waals surface area contributed by atoms with Gasteiger partial charge in [-0.05, 0) is 61.4 Å². The van der Waals surface area contributed by atoms with Crippen LogP contribution < -0.4 is 14.8 Å². The van der Waals surface area contributed by atoms with Crippen LogP contribution in [-0.2, 0) is 11.0 Å². The molecule has 0 aliphatic carbocycles. The summed E-state index contributed by atoms with van der Waals surface area (Å²) in [6.45, 7) is 3.46. The summed E-state index contributed by atoms with van der Waals surface area (Å²) >= 11 is 0. The molecule has 1 unspecified atom stereocenters. The number of hydrogen-bond donors (Lipinski definition) is 2. The topological polar surface area (TPSA) is 71.0 Å². The molecule has 2 aromatic rings. The van der Waals surface area contributed by atoms with E-state index in [1.165, 1.54) is 19.1 Å². The summed E-state index contributed by atoms with van der Waals surface area (Å²) in [7, 11) is 0. The molecule has 174 valence electrons. The summed E-state index contributed by atoms with van der Waals surface area (Å²) in [5.74, 6) is 0.874. The van der Waals surface area contributed by atoms with Gasteiger partial charge in [-0.2, -0.15) is 13.2 Å². The second kappa shape index (κ2) is 10.7. The lowest BCUT2D eigenvalue weighted by Gasteiger charge is -2.33. The van der Waals surface area contributed by atoms with Crippen molar-refractivity contribution in [2.75, 3.05) is 31.6 Å². The van der Waals surface area contributed by atoms with Crippen LogP contribution in [0.25, 0.3) is 0 Å². The highest BCUT2D eigenvalue weighted by molar-refractivity contribution is 5.88. The number of piperidine rings is 1. The van der Waals surface area contributed by atoms with E-state index in [0.29, 0.717) is 36.8 Å². The highest BCUT2D eigenvalue weighted by Crippen LogP contribution is 2.30. The van der Waals surface area contributed by atoms with E-state index >= 15 is 0 Å². The van der Waals surface area contributed by atoms with Crippen molar-refractivity contribution < 1.29 is 32.5 Å². The van der Waals surface area contributed by atoms with E-state index in [1.807, 2.05) is 0 Å². The molecule has 1 fully saturated rings. The first-order valence-electron chi connectivity index (χ1n) is 10.4. The maximum Gasteiger partial charge on any atom is 0.416 e. The van der Waals surface area contributed by atoms with E-state index in [1.54, 1.807) is 24.3 Å². The van der Waals surface area contributed by atoms with Gasteiger partial charge >= 0.3 is 6.18 Å². The molecule has 1 atom stereocenters. The van der Waals surface area contributed by atoms with Gasteiger partial charge in [0.2, 0.25) is 5.91 Å². The van der Waals surface area contributed by atoms with Crippen LogP contribution in [0.15, 0.2) is 48.5 Å². The molecule has 0 aromatic heterocycles. The van der Waals surface area contributed by atoms with Gasteiger partial charge in [-0.1, -0.05) is 0 Å². The fourth-order valence-electron chi connectivity index (χ4n) is 3.51. The Morgan fingerprint density at radius 1 is 1.09 bits per heavy atom. The first-order chi connectivity index (χ1) is 15.2. The van der Waals surface area contributed by atoms with Crippen LogP contribution in [0.2, 0.25) is 0 Å². The highest BCUT2D eigenvalue weighted by Gasteiger charge is 2.30. The van der Waals surface area contributed by atoms with Crippen LogP contribution in [-0.4, -0.2) is 54.4 Å². The number of hydrogen-bond acceptors (Lipinski definition) is 5. The molecule has 32 heavy (non-hydrogen) atoms. The quantitative estimate of drug-likeness (QED) is 0.635. The number of nitrogens with zero attached hydrogens (tertiary/aromatic N) is 1. The normalized spacial score (nSPS) is 16.4. The van der Waals surface area contributed by atoms with Gasteiger partial charge in [0, 0.05) is 32.2 Å². The molecule has 0 radical (unpaired) electrons. The fourth-order valence-corrected chi connectivity index (χ4v) is 3.51. The van der Waals surface area contributed by atoms with Gasteiger partial charge in [-0.3, -0.25) is 4.79 Å². The molecule has 1 aliphatic heterocycles. The molecule has 1 saturated heterocycles. The Labute approximate surface area is 184 Å². The Balaban J connectivity index is 1.36. The molecule has 0 bridgehead atoms. The van der Waals surface area contributed by atoms with E-state index in [0.717, 1.165) is 25.0 Å². The van der Waals surface area contributed by atoms with Gasteiger partial charge in [-0.15, -0.1) is 0 Å². The Kier molecular flexibility index (Phi) is 7.98. The van der Waals surface area contributed by atoms with Crippen molar-refractivity contribution in [1.82, 2.24) is 4.90 Å². The minimum Gasteiger partial charge on any atom is -0.491 e. The number of aliphatic hydroxyl groups excluding tert-OH is 1. The smallest absolute Gasteiger partial charge is 0.416 e. The fraction of sp³-hybridized carbons (Fsp3) is 0.435. The summed E-state index contributed by atoms with van der Waals surface area (Å²) in [6, 6.07) is 11.6. The highest BCUT2D eigenvalue weighted by atomic mass is 19.4. The molecular formula is C23H27F3N2O4. The maximum atomic E-state index is 12.6. The Morgan fingerprint density at radius 3 is 2.25 bits per heavy atom. The van der Waals surface area contributed by atoms with Gasteiger partial charge in [-0.25, -0.2) is 0 Å². The van der Waals surface area contributed by atoms with Crippen LogP contribution in [0.1, 0.15) is 25.3 Å². The number of ether oxygens (including phenoxy) is 2. The summed E-state index contributed by atoms with van der Waals surface area (Å²) in [6.07, 6.45) is -3.65. The van der Waals surface area contributed by atoms with Gasteiger partial charge in [0.15, 0.2) is 0 Å². The number of halogens is 3. The standard InChI is InChI=1S/C23H27F3N2O4/c1-16(29)27-18-4-8-20(9-5-18)31-15-19(30)14-28-12-10-22(11-13-28)32-21-6-2-17(3-7-21)23(24,25)26/h2-9,19,22,30H,10-15H2,1H3,(H,27,29). The molecule has 2 N–H and O–H groups in total. The molecule has 3 rings (SSSR count). The van der Waals surface area contributed by atoms with Crippen LogP contribution in [0.3, 0.4) is 0 Å². The van der Waals surface area contributed by atoms with Crippen molar-refractivity contribution in [3.8, 4) is 11.5 Å². The SMILES string of the molecule is CC(=O)Nc1ccc(OCC(O)CN2CCC(Oc3ccc(C(F)(F)F)cc3)CC2)cc1. The maximum absolute atomic E-state index is 12.6. The van der Waals surface area contributed by atoms with Gasteiger partial charge < -0.3 is 24.8 Å². The van der Waals surface area contributed by atoms with E-state index in [-0.39, 0.29) is 18.6 Å². The number of likely N-dealkylation sites (tertiary alicyclic amines) is 1. The number of anilines is 1. The van der Waals surface area contributed by atoms with Crippen LogP contribution >= 0.6 is 0 Å². The third kappa shape index (κ3) is 7.42. The number of nitrogens with one attached hydrogen (secondary N) is 1. The predicted molar refractivity (Wildman–Crippen MR) is 114 cm³/mol. The lowest BCUT2D eigenvalue weighted by molar-refractivity contribution is -0.137. The molecule has 0 saturated carbocycles. The third-order valence-corrected chi connectivity index (χ3v) is 5.11. The van der Waals surface area contributed by atoms with Crippen molar-refractivity contribution >= 4 is 11.6 Å². The average molecular weight is 452 g/mol. The van der Waals surface area contributed by atoms with Crippen molar-refractivity contribution in [2.24, 2.45) is 0 Å².